The molecular weight excluding hydrogens is 320 g/mol. The van der Waals surface area contributed by atoms with Crippen LogP contribution in [-0.2, 0) is 0 Å². The number of rotatable bonds is 3. The van der Waals surface area contributed by atoms with Crippen molar-refractivity contribution in [3.05, 3.63) is 0 Å². The Morgan fingerprint density at radius 2 is 1.62 bits per heavy atom. The van der Waals surface area contributed by atoms with Crippen LogP contribution in [0.15, 0.2) is 0 Å². The average Bonchev–Trinajstić information content (AvgIpc) is 2.90. The highest BCUT2D eigenvalue weighted by molar-refractivity contribution is 5.07. The van der Waals surface area contributed by atoms with E-state index in [0.29, 0.717) is 17.3 Å². The van der Waals surface area contributed by atoms with Crippen LogP contribution in [0.25, 0.3) is 0 Å². The van der Waals surface area contributed by atoms with Crippen LogP contribution in [0.2, 0.25) is 0 Å². The molecule has 0 aromatic carbocycles. The molecule has 26 heavy (non-hydrogen) atoms. The van der Waals surface area contributed by atoms with E-state index >= 15 is 0 Å². The van der Waals surface area contributed by atoms with Gasteiger partial charge in [0, 0.05) is 0 Å². The van der Waals surface area contributed by atoms with Gasteiger partial charge in [-0.1, -0.05) is 20.8 Å². The van der Waals surface area contributed by atoms with E-state index in [1.165, 1.54) is 44.9 Å². The maximum Gasteiger partial charge on any atom is 0.0653 e. The van der Waals surface area contributed by atoms with Crippen LogP contribution in [0.5, 0.6) is 0 Å². The summed E-state index contributed by atoms with van der Waals surface area (Å²) in [7, 11) is 0. The minimum absolute atomic E-state index is 0.140. The van der Waals surface area contributed by atoms with Crippen LogP contribution >= 0.6 is 0 Å². The summed E-state index contributed by atoms with van der Waals surface area (Å²) in [5, 5.41) is 21.5. The Hall–Kier alpha value is -0.0800. The lowest BCUT2D eigenvalue weighted by atomic mass is 9.48. The Bertz CT molecular complexity index is 514. The zero-order valence-corrected chi connectivity index (χ0v) is 17.6. The molecule has 0 aliphatic heterocycles. The Balaban J connectivity index is 1.48. The molecule has 4 aliphatic carbocycles. The smallest absolute Gasteiger partial charge is 0.0653 e. The van der Waals surface area contributed by atoms with E-state index in [-0.39, 0.29) is 11.7 Å². The molecular formula is C24H42O2. The van der Waals surface area contributed by atoms with Crippen molar-refractivity contribution < 1.29 is 10.2 Å². The molecule has 2 nitrogen and oxygen atoms in total. The third kappa shape index (κ3) is 3.08. The molecule has 0 amide bonds. The molecule has 0 spiro atoms. The van der Waals surface area contributed by atoms with Crippen molar-refractivity contribution in [2.45, 2.75) is 104 Å². The van der Waals surface area contributed by atoms with Gasteiger partial charge < -0.3 is 10.2 Å². The Labute approximate surface area is 161 Å². The molecule has 4 rings (SSSR count). The lowest BCUT2D eigenvalue weighted by molar-refractivity contribution is -0.116. The van der Waals surface area contributed by atoms with Gasteiger partial charge in [-0.25, -0.2) is 0 Å². The average molecular weight is 363 g/mol. The Morgan fingerprint density at radius 1 is 0.885 bits per heavy atom. The zero-order chi connectivity index (χ0) is 18.7. The fourth-order valence-corrected chi connectivity index (χ4v) is 8.74. The van der Waals surface area contributed by atoms with Gasteiger partial charge in [0.15, 0.2) is 0 Å². The van der Waals surface area contributed by atoms with Crippen molar-refractivity contribution in [2.75, 3.05) is 0 Å². The van der Waals surface area contributed by atoms with E-state index in [1.54, 1.807) is 0 Å². The number of aliphatic hydroxyl groups is 2. The van der Waals surface area contributed by atoms with E-state index in [4.69, 9.17) is 0 Å². The third-order valence-corrected chi connectivity index (χ3v) is 9.55. The summed E-state index contributed by atoms with van der Waals surface area (Å²) in [6.07, 6.45) is 12.2. The van der Waals surface area contributed by atoms with Crippen molar-refractivity contribution in [3.63, 3.8) is 0 Å². The molecule has 0 bridgehead atoms. The molecule has 0 aromatic rings. The van der Waals surface area contributed by atoms with Crippen LogP contribution in [0.3, 0.4) is 0 Å². The lowest BCUT2D eigenvalue weighted by Gasteiger charge is -2.57. The quantitative estimate of drug-likeness (QED) is 0.704. The molecule has 9 atom stereocenters. The summed E-state index contributed by atoms with van der Waals surface area (Å²) >= 11 is 0. The van der Waals surface area contributed by atoms with E-state index in [2.05, 4.69) is 20.8 Å². The Morgan fingerprint density at radius 3 is 2.31 bits per heavy atom. The highest BCUT2D eigenvalue weighted by Gasteiger charge is 2.58. The van der Waals surface area contributed by atoms with Crippen LogP contribution in [0, 0.1) is 46.8 Å². The fraction of sp³-hybridized carbons (Fsp3) is 1.00. The van der Waals surface area contributed by atoms with Crippen molar-refractivity contribution >= 4 is 0 Å². The number of aliphatic hydroxyl groups excluding tert-OH is 1. The predicted octanol–water partition coefficient (Wildman–Crippen LogP) is 5.41. The minimum atomic E-state index is -0.379. The molecule has 150 valence electrons. The molecule has 2 N–H and O–H groups in total. The Kier molecular flexibility index (Phi) is 5.01. The van der Waals surface area contributed by atoms with Crippen molar-refractivity contribution in [3.8, 4) is 0 Å². The SMILES string of the molecule is CC(C)C[C@@]1(O)CC[C@H]2[C@H](CC[C@@H]3[C@@H]2CC[C@]2(C)[C@@H](C(C)O)CC[C@@H]32)C1. The zero-order valence-electron chi connectivity index (χ0n) is 17.6. The van der Waals surface area contributed by atoms with Gasteiger partial charge in [0.05, 0.1) is 11.7 Å². The van der Waals surface area contributed by atoms with E-state index in [0.717, 1.165) is 48.9 Å². The second-order valence-electron chi connectivity index (χ2n) is 11.5. The summed E-state index contributed by atoms with van der Waals surface area (Å²) in [5.74, 6) is 5.41. The van der Waals surface area contributed by atoms with Crippen LogP contribution in [-0.4, -0.2) is 21.9 Å². The van der Waals surface area contributed by atoms with Gasteiger partial charge in [-0.15, -0.1) is 0 Å². The third-order valence-electron chi connectivity index (χ3n) is 9.55. The molecule has 0 radical (unpaired) electrons. The number of hydrogen-bond acceptors (Lipinski definition) is 2. The van der Waals surface area contributed by atoms with Gasteiger partial charge in [0.2, 0.25) is 0 Å². The van der Waals surface area contributed by atoms with Gasteiger partial charge in [0.1, 0.15) is 0 Å². The fourth-order valence-electron chi connectivity index (χ4n) is 8.74. The van der Waals surface area contributed by atoms with Crippen molar-refractivity contribution in [1.82, 2.24) is 0 Å². The van der Waals surface area contributed by atoms with Crippen LogP contribution in [0.4, 0.5) is 0 Å². The lowest BCUT2D eigenvalue weighted by Crippen LogP contribution is -2.51. The van der Waals surface area contributed by atoms with Crippen LogP contribution < -0.4 is 0 Å². The molecule has 4 aliphatic rings. The summed E-state index contributed by atoms with van der Waals surface area (Å²) in [4.78, 5) is 0. The monoisotopic (exact) mass is 362 g/mol. The predicted molar refractivity (Wildman–Crippen MR) is 107 cm³/mol. The van der Waals surface area contributed by atoms with Crippen molar-refractivity contribution in [2.24, 2.45) is 46.8 Å². The second-order valence-corrected chi connectivity index (χ2v) is 11.5. The molecule has 2 heteroatoms. The summed E-state index contributed by atoms with van der Waals surface area (Å²) in [6.45, 7) is 9.04. The molecule has 0 heterocycles. The van der Waals surface area contributed by atoms with Crippen molar-refractivity contribution in [1.29, 1.82) is 0 Å². The van der Waals surface area contributed by atoms with Gasteiger partial charge >= 0.3 is 0 Å². The van der Waals surface area contributed by atoms with Gasteiger partial charge in [-0.3, -0.25) is 0 Å². The molecule has 4 saturated carbocycles. The number of hydrogen-bond donors (Lipinski definition) is 2. The molecule has 1 unspecified atom stereocenters. The second kappa shape index (κ2) is 6.76. The van der Waals surface area contributed by atoms with Gasteiger partial charge in [-0.05, 0) is 118 Å². The number of fused-ring (bicyclic) bond motifs is 5. The minimum Gasteiger partial charge on any atom is -0.393 e. The molecule has 4 fully saturated rings. The molecule has 0 aromatic heterocycles. The highest BCUT2D eigenvalue weighted by atomic mass is 16.3. The van der Waals surface area contributed by atoms with Gasteiger partial charge in [-0.2, -0.15) is 0 Å². The maximum absolute atomic E-state index is 11.1. The summed E-state index contributed by atoms with van der Waals surface area (Å²) in [5.41, 5.74) is 0.00530. The largest absolute Gasteiger partial charge is 0.393 e. The topological polar surface area (TPSA) is 40.5 Å². The summed E-state index contributed by atoms with van der Waals surface area (Å²) < 4.78 is 0. The summed E-state index contributed by atoms with van der Waals surface area (Å²) in [6, 6.07) is 0. The van der Waals surface area contributed by atoms with E-state index in [9.17, 15) is 10.2 Å². The first-order chi connectivity index (χ1) is 12.2. The van der Waals surface area contributed by atoms with Gasteiger partial charge in [0.25, 0.3) is 0 Å². The van der Waals surface area contributed by atoms with E-state index in [1.807, 2.05) is 6.92 Å². The maximum atomic E-state index is 11.1. The first-order valence-electron chi connectivity index (χ1n) is 11.6. The normalized spacial score (nSPS) is 52.3. The first kappa shape index (κ1) is 19.2. The van der Waals surface area contributed by atoms with Crippen LogP contribution in [0.1, 0.15) is 91.9 Å². The van der Waals surface area contributed by atoms with E-state index < -0.39 is 0 Å². The highest BCUT2D eigenvalue weighted by Crippen LogP contribution is 2.65. The first-order valence-corrected chi connectivity index (χ1v) is 11.6. The molecule has 0 saturated heterocycles. The standard InChI is InChI=1S/C24H42O2/c1-15(2)13-24(26)12-10-18-17(14-24)5-6-20-19(18)9-11-23(4)21(16(3)25)7-8-22(20)23/h15-22,25-26H,5-14H2,1-4H3/t16?,17-,18+,19-,20-,21-,22+,23-,24+/m1/s1.